The smallest absolute Gasteiger partial charge is 0.283 e. The lowest BCUT2D eigenvalue weighted by Gasteiger charge is -2.15. The summed E-state index contributed by atoms with van der Waals surface area (Å²) < 4.78 is 25.8. The molecule has 0 aromatic heterocycles. The fraction of sp³-hybridized carbons (Fsp3) is 0.148. The molecule has 0 aliphatic carbocycles. The molecule has 35 heavy (non-hydrogen) atoms. The van der Waals surface area contributed by atoms with E-state index in [1.54, 1.807) is 67.6 Å². The maximum absolute atomic E-state index is 13.5. The van der Waals surface area contributed by atoms with Gasteiger partial charge in [0.1, 0.15) is 12.4 Å². The second-order valence-electron chi connectivity index (χ2n) is 7.71. The number of hydrazone groups is 1. The van der Waals surface area contributed by atoms with E-state index in [-0.39, 0.29) is 12.4 Å². The number of carbonyl (C=O) groups excluding carboxylic acids is 2. The van der Waals surface area contributed by atoms with E-state index in [4.69, 9.17) is 9.47 Å². The lowest BCUT2D eigenvalue weighted by atomic mass is 10.1. The van der Waals surface area contributed by atoms with E-state index < -0.39 is 11.8 Å². The Labute approximate surface area is 210 Å². The molecular weight excluding hydrogens is 515 g/mol. The van der Waals surface area contributed by atoms with Gasteiger partial charge in [0.25, 0.3) is 11.8 Å². The minimum Gasteiger partial charge on any atom is -0.490 e. The van der Waals surface area contributed by atoms with Crippen LogP contribution in [-0.4, -0.2) is 29.1 Å². The first-order valence-electron chi connectivity index (χ1n) is 10.9. The highest BCUT2D eigenvalue weighted by molar-refractivity contribution is 9.10. The van der Waals surface area contributed by atoms with Crippen LogP contribution in [0.2, 0.25) is 0 Å². The molecule has 6 nitrogen and oxygen atoms in total. The number of carbonyl (C=O) groups is 2. The summed E-state index contributed by atoms with van der Waals surface area (Å²) >= 11 is 3.51. The van der Waals surface area contributed by atoms with Gasteiger partial charge < -0.3 is 9.47 Å². The maximum atomic E-state index is 13.5. The Bertz CT molecular complexity index is 1340. The van der Waals surface area contributed by atoms with Crippen LogP contribution in [-0.2, 0) is 11.4 Å². The Kier molecular flexibility index (Phi) is 7.41. The van der Waals surface area contributed by atoms with Gasteiger partial charge in [-0.3, -0.25) is 9.59 Å². The minimum absolute atomic E-state index is 0.150. The summed E-state index contributed by atoms with van der Waals surface area (Å²) in [5.74, 6) is -0.410. The zero-order valence-corrected chi connectivity index (χ0v) is 20.7. The molecule has 3 aromatic carbocycles. The van der Waals surface area contributed by atoms with Crippen LogP contribution in [0.15, 0.2) is 81.9 Å². The van der Waals surface area contributed by atoms with Gasteiger partial charge in [-0.1, -0.05) is 30.3 Å². The third-order valence-corrected chi connectivity index (χ3v) is 5.78. The van der Waals surface area contributed by atoms with Gasteiger partial charge in [0.15, 0.2) is 11.5 Å². The maximum Gasteiger partial charge on any atom is 0.283 e. The molecular formula is C27H22BrFN2O4. The molecule has 0 saturated heterocycles. The van der Waals surface area contributed by atoms with Crippen molar-refractivity contribution in [2.24, 2.45) is 5.10 Å². The van der Waals surface area contributed by atoms with E-state index in [1.165, 1.54) is 12.1 Å². The molecule has 4 rings (SSSR count). The standard InChI is InChI=1S/C27H22BrFN2O4/c1-3-34-24-15-19(14-23(28)25(24)35-16-18-8-7-11-21(29)12-18)13-22-17(2)30-31(27(22)33)26(32)20-9-5-4-6-10-20/h4-15H,3,16H2,1-2H3/b22-13+. The summed E-state index contributed by atoms with van der Waals surface area (Å²) in [6, 6.07) is 18.2. The Hall–Kier alpha value is -3.78. The average Bonchev–Trinajstić information content (AvgIpc) is 3.12. The fourth-order valence-corrected chi connectivity index (χ4v) is 4.12. The van der Waals surface area contributed by atoms with Crippen LogP contribution in [0.1, 0.15) is 35.3 Å². The zero-order valence-electron chi connectivity index (χ0n) is 19.1. The van der Waals surface area contributed by atoms with Gasteiger partial charge in [0.2, 0.25) is 0 Å². The van der Waals surface area contributed by atoms with E-state index in [2.05, 4.69) is 21.0 Å². The quantitative estimate of drug-likeness (QED) is 0.274. The van der Waals surface area contributed by atoms with Crippen molar-refractivity contribution in [2.45, 2.75) is 20.5 Å². The molecule has 1 aliphatic heterocycles. The molecule has 0 atom stereocenters. The van der Waals surface area contributed by atoms with Crippen LogP contribution in [0, 0.1) is 5.82 Å². The second kappa shape index (κ2) is 10.7. The van der Waals surface area contributed by atoms with E-state index in [9.17, 15) is 14.0 Å². The van der Waals surface area contributed by atoms with Crippen molar-refractivity contribution in [1.82, 2.24) is 5.01 Å². The third-order valence-electron chi connectivity index (χ3n) is 5.19. The van der Waals surface area contributed by atoms with Gasteiger partial charge in [-0.05, 0) is 83.4 Å². The van der Waals surface area contributed by atoms with Gasteiger partial charge in [0, 0.05) is 5.56 Å². The van der Waals surface area contributed by atoms with E-state index in [0.29, 0.717) is 50.6 Å². The first-order chi connectivity index (χ1) is 16.9. The van der Waals surface area contributed by atoms with E-state index in [0.717, 1.165) is 5.01 Å². The van der Waals surface area contributed by atoms with Crippen LogP contribution in [0.4, 0.5) is 4.39 Å². The van der Waals surface area contributed by atoms with Crippen LogP contribution in [0.25, 0.3) is 6.08 Å². The van der Waals surface area contributed by atoms with Crippen molar-refractivity contribution in [3.8, 4) is 11.5 Å². The Balaban J connectivity index is 1.60. The molecule has 2 amide bonds. The van der Waals surface area contributed by atoms with Gasteiger partial charge in [-0.2, -0.15) is 10.1 Å². The average molecular weight is 537 g/mol. The van der Waals surface area contributed by atoms with Crippen LogP contribution >= 0.6 is 15.9 Å². The largest absolute Gasteiger partial charge is 0.490 e. The molecule has 0 fully saturated rings. The fourth-order valence-electron chi connectivity index (χ4n) is 3.55. The van der Waals surface area contributed by atoms with Crippen molar-refractivity contribution in [3.63, 3.8) is 0 Å². The molecule has 0 bridgehead atoms. The molecule has 8 heteroatoms. The highest BCUT2D eigenvalue weighted by Crippen LogP contribution is 2.38. The summed E-state index contributed by atoms with van der Waals surface area (Å²) in [7, 11) is 0. The lowest BCUT2D eigenvalue weighted by Crippen LogP contribution is -2.29. The van der Waals surface area contributed by atoms with Gasteiger partial charge >= 0.3 is 0 Å². The Morgan fingerprint density at radius 2 is 1.86 bits per heavy atom. The predicted molar refractivity (Wildman–Crippen MR) is 135 cm³/mol. The summed E-state index contributed by atoms with van der Waals surface area (Å²) in [6.45, 7) is 4.07. The monoisotopic (exact) mass is 536 g/mol. The highest BCUT2D eigenvalue weighted by atomic mass is 79.9. The van der Waals surface area contributed by atoms with Crippen molar-refractivity contribution in [1.29, 1.82) is 0 Å². The molecule has 178 valence electrons. The highest BCUT2D eigenvalue weighted by Gasteiger charge is 2.33. The first-order valence-corrected chi connectivity index (χ1v) is 11.7. The van der Waals surface area contributed by atoms with Gasteiger partial charge in [0.05, 0.1) is 22.4 Å². The van der Waals surface area contributed by atoms with Crippen molar-refractivity contribution >= 4 is 39.5 Å². The number of hydrogen-bond donors (Lipinski definition) is 0. The van der Waals surface area contributed by atoms with E-state index in [1.807, 2.05) is 6.92 Å². The first kappa shape index (κ1) is 24.3. The summed E-state index contributed by atoms with van der Waals surface area (Å²) in [5, 5.41) is 5.06. The van der Waals surface area contributed by atoms with Gasteiger partial charge in [-0.25, -0.2) is 4.39 Å². The number of ether oxygens (including phenoxy) is 2. The molecule has 0 N–H and O–H groups in total. The van der Waals surface area contributed by atoms with Crippen molar-refractivity contribution < 1.29 is 23.5 Å². The molecule has 0 radical (unpaired) electrons. The Morgan fingerprint density at radius 1 is 1.09 bits per heavy atom. The van der Waals surface area contributed by atoms with Crippen LogP contribution in [0.3, 0.4) is 0 Å². The number of halogens is 2. The molecule has 0 saturated carbocycles. The number of amides is 2. The van der Waals surface area contributed by atoms with Crippen LogP contribution < -0.4 is 9.47 Å². The van der Waals surface area contributed by atoms with Crippen molar-refractivity contribution in [3.05, 3.63) is 99.3 Å². The Morgan fingerprint density at radius 3 is 2.57 bits per heavy atom. The van der Waals surface area contributed by atoms with Crippen LogP contribution in [0.5, 0.6) is 11.5 Å². The summed E-state index contributed by atoms with van der Waals surface area (Å²) in [5.41, 5.74) is 2.44. The number of hydrogen-bond acceptors (Lipinski definition) is 5. The SMILES string of the molecule is CCOc1cc(/C=C2/C(=O)N(C(=O)c3ccccc3)N=C2C)cc(Br)c1OCc1cccc(F)c1. The zero-order chi connectivity index (χ0) is 24.9. The molecule has 1 aliphatic rings. The lowest BCUT2D eigenvalue weighted by molar-refractivity contribution is -0.123. The predicted octanol–water partition coefficient (Wildman–Crippen LogP) is 6.01. The summed E-state index contributed by atoms with van der Waals surface area (Å²) in [4.78, 5) is 25.8. The summed E-state index contributed by atoms with van der Waals surface area (Å²) in [6.07, 6.45) is 1.66. The third kappa shape index (κ3) is 5.49. The normalized spacial score (nSPS) is 14.3. The van der Waals surface area contributed by atoms with E-state index >= 15 is 0 Å². The number of benzene rings is 3. The number of nitrogens with zero attached hydrogens (tertiary/aromatic N) is 2. The number of imide groups is 1. The minimum atomic E-state index is -0.503. The topological polar surface area (TPSA) is 68.2 Å². The molecule has 3 aromatic rings. The van der Waals surface area contributed by atoms with Crippen molar-refractivity contribution in [2.75, 3.05) is 6.61 Å². The second-order valence-corrected chi connectivity index (χ2v) is 8.57. The number of rotatable bonds is 7. The molecule has 0 unspecified atom stereocenters. The molecule has 1 heterocycles. The van der Waals surface area contributed by atoms with Gasteiger partial charge in [-0.15, -0.1) is 0 Å². The molecule has 0 spiro atoms.